The third-order valence-electron chi connectivity index (χ3n) is 2.71. The average molecular weight is 227 g/mol. The van der Waals surface area contributed by atoms with E-state index in [0.717, 1.165) is 12.2 Å². The minimum absolute atomic E-state index is 0.320. The molecule has 86 valence electrons. The molecule has 2 heterocycles. The first kappa shape index (κ1) is 10.3. The van der Waals surface area contributed by atoms with E-state index in [1.807, 2.05) is 18.2 Å². The van der Waals surface area contributed by atoms with E-state index in [2.05, 4.69) is 29.2 Å². The van der Waals surface area contributed by atoms with Crippen molar-refractivity contribution in [2.75, 3.05) is 6.61 Å². The van der Waals surface area contributed by atoms with Gasteiger partial charge in [0.15, 0.2) is 0 Å². The summed E-state index contributed by atoms with van der Waals surface area (Å²) in [6, 6.07) is 14.0. The molecule has 1 aromatic heterocycles. The molecule has 0 saturated carbocycles. The first-order chi connectivity index (χ1) is 8.42. The summed E-state index contributed by atoms with van der Waals surface area (Å²) in [4.78, 5) is 4.11. The van der Waals surface area contributed by atoms with Crippen LogP contribution in [-0.2, 0) is 11.3 Å². The molecule has 0 aliphatic carbocycles. The first-order valence-electron chi connectivity index (χ1n) is 5.66. The van der Waals surface area contributed by atoms with Crippen molar-refractivity contribution in [2.45, 2.75) is 12.7 Å². The second-order valence-electron chi connectivity index (χ2n) is 4.02. The zero-order chi connectivity index (χ0) is 11.5. The van der Waals surface area contributed by atoms with Crippen molar-refractivity contribution in [1.29, 1.82) is 0 Å². The number of nitrogens with zero attached hydrogens (tertiary/aromatic N) is 1. The summed E-state index contributed by atoms with van der Waals surface area (Å²) in [6.45, 7) is 1.40. The van der Waals surface area contributed by atoms with Crippen LogP contribution in [0.2, 0.25) is 0 Å². The number of ether oxygens (including phenoxy) is 2. The largest absolute Gasteiger partial charge is 0.473 e. The van der Waals surface area contributed by atoms with Crippen LogP contribution in [-0.4, -0.2) is 11.6 Å². The van der Waals surface area contributed by atoms with Gasteiger partial charge in [0.1, 0.15) is 12.7 Å². The van der Waals surface area contributed by atoms with E-state index in [-0.39, 0.29) is 0 Å². The number of hydrogen-bond acceptors (Lipinski definition) is 3. The summed E-state index contributed by atoms with van der Waals surface area (Å²) in [5.41, 5.74) is 2.38. The van der Waals surface area contributed by atoms with E-state index in [1.165, 1.54) is 5.56 Å². The van der Waals surface area contributed by atoms with Crippen LogP contribution < -0.4 is 4.74 Å². The van der Waals surface area contributed by atoms with Crippen LogP contribution in [0, 0.1) is 0 Å². The highest BCUT2D eigenvalue weighted by molar-refractivity contribution is 5.26. The molecule has 2 aromatic rings. The van der Waals surface area contributed by atoms with Crippen LogP contribution >= 0.6 is 0 Å². The van der Waals surface area contributed by atoms with Gasteiger partial charge in [-0.1, -0.05) is 30.3 Å². The maximum atomic E-state index is 5.57. The first-order valence-corrected chi connectivity index (χ1v) is 5.66. The maximum Gasteiger partial charge on any atom is 0.213 e. The zero-order valence-corrected chi connectivity index (χ0v) is 9.37. The molecule has 1 aliphatic rings. The molecule has 1 fully saturated rings. The Labute approximate surface area is 100 Å². The molecule has 0 N–H and O–H groups in total. The predicted octanol–water partition coefficient (Wildman–Crippen LogP) is 2.73. The third kappa shape index (κ3) is 2.63. The van der Waals surface area contributed by atoms with Gasteiger partial charge < -0.3 is 9.47 Å². The van der Waals surface area contributed by atoms with Gasteiger partial charge in [0, 0.05) is 12.3 Å². The van der Waals surface area contributed by atoms with E-state index < -0.39 is 0 Å². The van der Waals surface area contributed by atoms with E-state index in [0.29, 0.717) is 18.6 Å². The lowest BCUT2D eigenvalue weighted by Gasteiger charge is -2.05. The number of pyridine rings is 1. The summed E-state index contributed by atoms with van der Waals surface area (Å²) in [7, 11) is 0. The topological polar surface area (TPSA) is 34.6 Å². The molecule has 17 heavy (non-hydrogen) atoms. The molecule has 3 nitrogen and oxygen atoms in total. The highest BCUT2D eigenvalue weighted by Crippen LogP contribution is 2.29. The Morgan fingerprint density at radius 3 is 2.65 bits per heavy atom. The minimum Gasteiger partial charge on any atom is -0.473 e. The molecule has 0 spiro atoms. The summed E-state index contributed by atoms with van der Waals surface area (Å²) < 4.78 is 10.8. The Hall–Kier alpha value is -1.87. The second kappa shape index (κ2) is 4.55. The normalized spacial score (nSPS) is 17.8. The molecule has 3 heteroatoms. The van der Waals surface area contributed by atoms with Crippen LogP contribution in [0.5, 0.6) is 5.88 Å². The number of rotatable bonds is 4. The molecular formula is C14H13NO2. The van der Waals surface area contributed by atoms with Gasteiger partial charge in [-0.15, -0.1) is 0 Å². The standard InChI is InChI=1S/C14H13NO2/c1-2-8-15-14(3-1)17-9-11-4-6-12(7-5-11)13-10-16-13/h1-8,13H,9-10H2. The molecule has 1 atom stereocenters. The van der Waals surface area contributed by atoms with Gasteiger partial charge >= 0.3 is 0 Å². The van der Waals surface area contributed by atoms with E-state index >= 15 is 0 Å². The zero-order valence-electron chi connectivity index (χ0n) is 9.37. The fourth-order valence-electron chi connectivity index (χ4n) is 1.66. The van der Waals surface area contributed by atoms with Crippen LogP contribution in [0.25, 0.3) is 0 Å². The summed E-state index contributed by atoms with van der Waals surface area (Å²) in [5, 5.41) is 0. The summed E-state index contributed by atoms with van der Waals surface area (Å²) in [6.07, 6.45) is 2.05. The van der Waals surface area contributed by atoms with E-state index in [1.54, 1.807) is 6.20 Å². The van der Waals surface area contributed by atoms with Crippen molar-refractivity contribution in [3.05, 3.63) is 59.8 Å². The third-order valence-corrected chi connectivity index (χ3v) is 2.71. The summed E-state index contributed by atoms with van der Waals surface area (Å²) >= 11 is 0. The number of benzene rings is 1. The number of aromatic nitrogens is 1. The predicted molar refractivity (Wildman–Crippen MR) is 63.7 cm³/mol. The average Bonchev–Trinajstić information content (AvgIpc) is 3.23. The fraction of sp³-hybridized carbons (Fsp3) is 0.214. The highest BCUT2D eigenvalue weighted by atomic mass is 16.6. The molecular weight excluding hydrogens is 214 g/mol. The Morgan fingerprint density at radius 1 is 1.18 bits per heavy atom. The molecule has 0 radical (unpaired) electrons. The lowest BCUT2D eigenvalue weighted by atomic mass is 10.1. The van der Waals surface area contributed by atoms with E-state index in [9.17, 15) is 0 Å². The molecule has 1 saturated heterocycles. The quantitative estimate of drug-likeness (QED) is 0.753. The van der Waals surface area contributed by atoms with Crippen molar-refractivity contribution in [3.8, 4) is 5.88 Å². The second-order valence-corrected chi connectivity index (χ2v) is 4.02. The van der Waals surface area contributed by atoms with Crippen molar-refractivity contribution in [3.63, 3.8) is 0 Å². The van der Waals surface area contributed by atoms with Gasteiger partial charge in [0.2, 0.25) is 5.88 Å². The van der Waals surface area contributed by atoms with E-state index in [4.69, 9.17) is 9.47 Å². The Balaban J connectivity index is 1.61. The van der Waals surface area contributed by atoms with Gasteiger partial charge in [0.05, 0.1) is 6.61 Å². The van der Waals surface area contributed by atoms with Crippen molar-refractivity contribution in [2.24, 2.45) is 0 Å². The SMILES string of the molecule is c1ccc(OCc2ccc(C3CO3)cc2)nc1. The molecule has 0 amide bonds. The highest BCUT2D eigenvalue weighted by Gasteiger charge is 2.24. The van der Waals surface area contributed by atoms with Gasteiger partial charge in [-0.25, -0.2) is 4.98 Å². The lowest BCUT2D eigenvalue weighted by Crippen LogP contribution is -1.96. The van der Waals surface area contributed by atoms with Gasteiger partial charge in [-0.05, 0) is 17.2 Å². The number of epoxide rings is 1. The molecule has 0 bridgehead atoms. The van der Waals surface area contributed by atoms with Crippen molar-refractivity contribution in [1.82, 2.24) is 4.98 Å². The number of hydrogen-bond donors (Lipinski definition) is 0. The van der Waals surface area contributed by atoms with Crippen molar-refractivity contribution >= 4 is 0 Å². The van der Waals surface area contributed by atoms with Gasteiger partial charge in [-0.3, -0.25) is 0 Å². The van der Waals surface area contributed by atoms with Gasteiger partial charge in [-0.2, -0.15) is 0 Å². The maximum absolute atomic E-state index is 5.57. The van der Waals surface area contributed by atoms with Crippen LogP contribution in [0.15, 0.2) is 48.7 Å². The lowest BCUT2D eigenvalue weighted by molar-refractivity contribution is 0.294. The molecule has 1 aliphatic heterocycles. The van der Waals surface area contributed by atoms with Crippen LogP contribution in [0.3, 0.4) is 0 Å². The molecule has 1 aromatic carbocycles. The van der Waals surface area contributed by atoms with Crippen LogP contribution in [0.4, 0.5) is 0 Å². The van der Waals surface area contributed by atoms with Crippen LogP contribution in [0.1, 0.15) is 17.2 Å². The molecule has 3 rings (SSSR count). The monoisotopic (exact) mass is 227 g/mol. The van der Waals surface area contributed by atoms with Gasteiger partial charge in [0.25, 0.3) is 0 Å². The Bertz CT molecular complexity index is 477. The Kier molecular flexibility index (Phi) is 2.76. The smallest absolute Gasteiger partial charge is 0.213 e. The summed E-state index contributed by atoms with van der Waals surface area (Å²) in [5.74, 6) is 0.655. The van der Waals surface area contributed by atoms with Crippen molar-refractivity contribution < 1.29 is 9.47 Å². The fourth-order valence-corrected chi connectivity index (χ4v) is 1.66. The minimum atomic E-state index is 0.320. The Morgan fingerprint density at radius 2 is 2.00 bits per heavy atom. The molecule has 1 unspecified atom stereocenters.